The van der Waals surface area contributed by atoms with E-state index in [1.807, 2.05) is 0 Å². The van der Waals surface area contributed by atoms with Gasteiger partial charge in [-0.15, -0.1) is 0 Å². The first-order valence-electron chi connectivity index (χ1n) is 6.51. The Kier molecular flexibility index (Phi) is 3.72. The lowest BCUT2D eigenvalue weighted by atomic mass is 10.1. The standard InChI is InChI=1S/C12H16N4O2S2/c1-16(9-5-7-13-8-6-9)20(17,18)11-4-2-3-10-12(11)15-19-14-10/h2-4,9,13H,5-8H2,1H3. The van der Waals surface area contributed by atoms with Crippen LogP contribution in [-0.2, 0) is 10.0 Å². The van der Waals surface area contributed by atoms with Crippen LogP contribution in [-0.4, -0.2) is 47.6 Å². The Bertz CT molecular complexity index is 707. The zero-order chi connectivity index (χ0) is 14.2. The van der Waals surface area contributed by atoms with Crippen molar-refractivity contribution in [3.8, 4) is 0 Å². The molecule has 1 aliphatic heterocycles. The van der Waals surface area contributed by atoms with Gasteiger partial charge < -0.3 is 5.32 Å². The number of hydrogen-bond acceptors (Lipinski definition) is 6. The van der Waals surface area contributed by atoms with Gasteiger partial charge in [-0.05, 0) is 38.1 Å². The van der Waals surface area contributed by atoms with E-state index in [-0.39, 0.29) is 10.9 Å². The molecule has 0 aliphatic carbocycles. The highest BCUT2D eigenvalue weighted by molar-refractivity contribution is 7.89. The fourth-order valence-electron chi connectivity index (χ4n) is 2.51. The molecule has 0 bridgehead atoms. The molecule has 1 saturated heterocycles. The van der Waals surface area contributed by atoms with E-state index in [4.69, 9.17) is 0 Å². The van der Waals surface area contributed by atoms with Crippen LogP contribution in [0.5, 0.6) is 0 Å². The van der Waals surface area contributed by atoms with Gasteiger partial charge in [-0.1, -0.05) is 6.07 Å². The average Bonchev–Trinajstić information content (AvgIpc) is 2.95. The van der Waals surface area contributed by atoms with Gasteiger partial charge in [-0.3, -0.25) is 0 Å². The summed E-state index contributed by atoms with van der Waals surface area (Å²) in [6, 6.07) is 5.15. The number of nitrogens with one attached hydrogen (secondary N) is 1. The van der Waals surface area contributed by atoms with E-state index < -0.39 is 10.0 Å². The minimum atomic E-state index is -3.53. The van der Waals surface area contributed by atoms with Crippen molar-refractivity contribution in [3.05, 3.63) is 18.2 Å². The molecule has 1 aliphatic rings. The highest BCUT2D eigenvalue weighted by Crippen LogP contribution is 2.26. The number of hydrogen-bond donors (Lipinski definition) is 1. The van der Waals surface area contributed by atoms with Crippen LogP contribution < -0.4 is 5.32 Å². The fraction of sp³-hybridized carbons (Fsp3) is 0.500. The third-order valence-corrected chi connectivity index (χ3v) is 6.21. The van der Waals surface area contributed by atoms with Crippen molar-refractivity contribution < 1.29 is 8.42 Å². The number of nitrogens with zero attached hydrogens (tertiary/aromatic N) is 3. The molecule has 1 fully saturated rings. The van der Waals surface area contributed by atoms with Crippen LogP contribution in [0, 0.1) is 0 Å². The molecule has 2 heterocycles. The maximum absolute atomic E-state index is 12.8. The molecule has 8 heteroatoms. The number of fused-ring (bicyclic) bond motifs is 1. The maximum Gasteiger partial charge on any atom is 0.245 e. The van der Waals surface area contributed by atoms with Crippen LogP contribution >= 0.6 is 11.7 Å². The zero-order valence-electron chi connectivity index (χ0n) is 11.1. The van der Waals surface area contributed by atoms with Crippen molar-refractivity contribution in [1.29, 1.82) is 0 Å². The van der Waals surface area contributed by atoms with Gasteiger partial charge in [0.2, 0.25) is 10.0 Å². The highest BCUT2D eigenvalue weighted by atomic mass is 32.2. The molecule has 0 amide bonds. The molecule has 0 unspecified atom stereocenters. The normalized spacial score (nSPS) is 17.9. The van der Waals surface area contributed by atoms with Gasteiger partial charge in [0.1, 0.15) is 15.9 Å². The molecule has 108 valence electrons. The van der Waals surface area contributed by atoms with Crippen LogP contribution in [0.3, 0.4) is 0 Å². The highest BCUT2D eigenvalue weighted by Gasteiger charge is 2.30. The molecule has 1 N–H and O–H groups in total. The second-order valence-corrected chi connectivity index (χ2v) is 7.38. The quantitative estimate of drug-likeness (QED) is 0.917. The Hall–Kier alpha value is -1.09. The lowest BCUT2D eigenvalue weighted by Gasteiger charge is -2.30. The monoisotopic (exact) mass is 312 g/mol. The summed E-state index contributed by atoms with van der Waals surface area (Å²) < 4.78 is 35.3. The van der Waals surface area contributed by atoms with Gasteiger partial charge in [0.15, 0.2) is 0 Å². The Morgan fingerprint density at radius 1 is 1.30 bits per heavy atom. The summed E-state index contributed by atoms with van der Waals surface area (Å²) in [4.78, 5) is 0.254. The van der Waals surface area contributed by atoms with Crippen LogP contribution in [0.25, 0.3) is 11.0 Å². The van der Waals surface area contributed by atoms with Crippen LogP contribution in [0.1, 0.15) is 12.8 Å². The maximum atomic E-state index is 12.8. The summed E-state index contributed by atoms with van der Waals surface area (Å²) >= 11 is 1.04. The fourth-order valence-corrected chi connectivity index (χ4v) is 4.68. The molecule has 1 aromatic carbocycles. The predicted octanol–water partition coefficient (Wildman–Crippen LogP) is 1.06. The van der Waals surface area contributed by atoms with Crippen LogP contribution in [0.4, 0.5) is 0 Å². The molecule has 3 rings (SSSR count). The first kappa shape index (κ1) is 13.9. The van der Waals surface area contributed by atoms with Gasteiger partial charge in [-0.25, -0.2) is 8.42 Å². The molecule has 0 radical (unpaired) electrons. The number of aromatic nitrogens is 2. The summed E-state index contributed by atoms with van der Waals surface area (Å²) in [5.41, 5.74) is 1.10. The first-order valence-corrected chi connectivity index (χ1v) is 8.68. The SMILES string of the molecule is CN(C1CCNCC1)S(=O)(=O)c1cccc2nsnc12. The van der Waals surface area contributed by atoms with E-state index in [2.05, 4.69) is 14.1 Å². The molecule has 20 heavy (non-hydrogen) atoms. The van der Waals surface area contributed by atoms with E-state index in [1.165, 1.54) is 4.31 Å². The summed E-state index contributed by atoms with van der Waals surface area (Å²) in [7, 11) is -1.87. The second kappa shape index (κ2) is 5.36. The second-order valence-electron chi connectivity index (χ2n) is 4.89. The molecule has 1 aromatic heterocycles. The number of benzene rings is 1. The van der Waals surface area contributed by atoms with Crippen molar-refractivity contribution in [3.63, 3.8) is 0 Å². The van der Waals surface area contributed by atoms with Gasteiger partial charge in [-0.2, -0.15) is 13.1 Å². The molecule has 0 atom stereocenters. The van der Waals surface area contributed by atoms with Crippen molar-refractivity contribution in [2.75, 3.05) is 20.1 Å². The molecule has 0 saturated carbocycles. The smallest absolute Gasteiger partial charge is 0.245 e. The van der Waals surface area contributed by atoms with Gasteiger partial charge in [0.25, 0.3) is 0 Å². The zero-order valence-corrected chi connectivity index (χ0v) is 12.7. The Morgan fingerprint density at radius 2 is 2.05 bits per heavy atom. The summed E-state index contributed by atoms with van der Waals surface area (Å²) in [6.45, 7) is 1.71. The Balaban J connectivity index is 2.00. The van der Waals surface area contributed by atoms with E-state index in [9.17, 15) is 8.42 Å². The molecular formula is C12H16N4O2S2. The van der Waals surface area contributed by atoms with Gasteiger partial charge in [0, 0.05) is 13.1 Å². The van der Waals surface area contributed by atoms with Gasteiger partial charge in [0.05, 0.1) is 11.7 Å². The molecule has 2 aromatic rings. The van der Waals surface area contributed by atoms with Crippen molar-refractivity contribution in [1.82, 2.24) is 18.4 Å². The van der Waals surface area contributed by atoms with E-state index >= 15 is 0 Å². The van der Waals surface area contributed by atoms with Crippen molar-refractivity contribution >= 4 is 32.8 Å². The number of rotatable bonds is 3. The Labute approximate surface area is 122 Å². The van der Waals surface area contributed by atoms with Crippen LogP contribution in [0.15, 0.2) is 23.1 Å². The summed E-state index contributed by atoms with van der Waals surface area (Å²) in [5, 5.41) is 3.24. The Morgan fingerprint density at radius 3 is 2.80 bits per heavy atom. The average molecular weight is 312 g/mol. The predicted molar refractivity (Wildman–Crippen MR) is 78.3 cm³/mol. The molecule has 6 nitrogen and oxygen atoms in total. The van der Waals surface area contributed by atoms with E-state index in [1.54, 1.807) is 25.2 Å². The van der Waals surface area contributed by atoms with Crippen molar-refractivity contribution in [2.45, 2.75) is 23.8 Å². The lowest BCUT2D eigenvalue weighted by Crippen LogP contribution is -2.43. The van der Waals surface area contributed by atoms with E-state index in [0.717, 1.165) is 37.7 Å². The largest absolute Gasteiger partial charge is 0.317 e. The summed E-state index contributed by atoms with van der Waals surface area (Å²) in [5.74, 6) is 0. The topological polar surface area (TPSA) is 75.2 Å². The molecular weight excluding hydrogens is 296 g/mol. The third kappa shape index (κ3) is 2.32. The molecule has 0 spiro atoms. The third-order valence-electron chi connectivity index (χ3n) is 3.73. The van der Waals surface area contributed by atoms with Gasteiger partial charge >= 0.3 is 0 Å². The van der Waals surface area contributed by atoms with Crippen molar-refractivity contribution in [2.24, 2.45) is 0 Å². The number of piperidine rings is 1. The van der Waals surface area contributed by atoms with E-state index in [0.29, 0.717) is 11.0 Å². The minimum absolute atomic E-state index is 0.0445. The van der Waals surface area contributed by atoms with Crippen LogP contribution in [0.2, 0.25) is 0 Å². The summed E-state index contributed by atoms with van der Waals surface area (Å²) in [6.07, 6.45) is 1.67. The lowest BCUT2D eigenvalue weighted by molar-refractivity contribution is 0.296. The first-order chi connectivity index (χ1) is 9.60. The number of sulfonamides is 1. The minimum Gasteiger partial charge on any atom is -0.317 e.